The van der Waals surface area contributed by atoms with E-state index in [9.17, 15) is 0 Å². The first-order valence-electron chi connectivity index (χ1n) is 2.92. The van der Waals surface area contributed by atoms with Crippen LogP contribution in [0.1, 0.15) is 6.42 Å². The topological polar surface area (TPSA) is 35.2 Å². The molecule has 1 aliphatic rings. The molecule has 46 valence electrons. The van der Waals surface area contributed by atoms with E-state index in [-0.39, 0.29) is 6.10 Å². The molecule has 0 aromatic heterocycles. The van der Waals surface area contributed by atoms with Crippen molar-refractivity contribution in [3.63, 3.8) is 0 Å². The smallest absolute Gasteiger partial charge is 0.0878 e. The molecule has 0 saturated carbocycles. The standard InChI is InChI=1S/C6H11NO/c7-5-6-3-1-2-4-8-6/h1,3,6H,2,4-5,7H2/t6-/m0/s1. The minimum Gasteiger partial charge on any atom is -0.373 e. The SMILES string of the molecule is NC[C@@H]1C=CCCO1. The summed E-state index contributed by atoms with van der Waals surface area (Å²) in [5, 5.41) is 0. The summed E-state index contributed by atoms with van der Waals surface area (Å²) in [7, 11) is 0. The molecule has 1 rings (SSSR count). The van der Waals surface area contributed by atoms with E-state index >= 15 is 0 Å². The molecule has 1 aliphatic heterocycles. The van der Waals surface area contributed by atoms with E-state index in [2.05, 4.69) is 6.08 Å². The van der Waals surface area contributed by atoms with Crippen LogP contribution in [-0.2, 0) is 4.74 Å². The molecule has 1 atom stereocenters. The molecule has 0 amide bonds. The van der Waals surface area contributed by atoms with Crippen LogP contribution in [0.2, 0.25) is 0 Å². The number of hydrogen-bond acceptors (Lipinski definition) is 2. The van der Waals surface area contributed by atoms with E-state index in [0.717, 1.165) is 13.0 Å². The van der Waals surface area contributed by atoms with E-state index in [4.69, 9.17) is 10.5 Å². The van der Waals surface area contributed by atoms with Crippen molar-refractivity contribution in [3.8, 4) is 0 Å². The molecule has 0 fully saturated rings. The van der Waals surface area contributed by atoms with Crippen molar-refractivity contribution >= 4 is 0 Å². The van der Waals surface area contributed by atoms with Gasteiger partial charge in [-0.3, -0.25) is 0 Å². The van der Waals surface area contributed by atoms with E-state index < -0.39 is 0 Å². The quantitative estimate of drug-likeness (QED) is 0.496. The summed E-state index contributed by atoms with van der Waals surface area (Å²) in [5.41, 5.74) is 5.33. The lowest BCUT2D eigenvalue weighted by atomic mass is 10.2. The van der Waals surface area contributed by atoms with Gasteiger partial charge in [-0.2, -0.15) is 0 Å². The largest absolute Gasteiger partial charge is 0.373 e. The van der Waals surface area contributed by atoms with Crippen molar-refractivity contribution in [1.29, 1.82) is 0 Å². The van der Waals surface area contributed by atoms with Gasteiger partial charge in [0.05, 0.1) is 12.7 Å². The Labute approximate surface area is 49.3 Å². The molecular formula is C6H11NO. The van der Waals surface area contributed by atoms with Gasteiger partial charge in [0.1, 0.15) is 0 Å². The lowest BCUT2D eigenvalue weighted by Gasteiger charge is -2.14. The maximum atomic E-state index is 5.33. The van der Waals surface area contributed by atoms with Gasteiger partial charge in [-0.05, 0) is 6.42 Å². The lowest BCUT2D eigenvalue weighted by molar-refractivity contribution is 0.0857. The fourth-order valence-corrected chi connectivity index (χ4v) is 0.738. The van der Waals surface area contributed by atoms with Gasteiger partial charge in [0, 0.05) is 6.54 Å². The molecule has 8 heavy (non-hydrogen) atoms. The fraction of sp³-hybridized carbons (Fsp3) is 0.667. The first kappa shape index (κ1) is 5.79. The highest BCUT2D eigenvalue weighted by Crippen LogP contribution is 2.01. The van der Waals surface area contributed by atoms with Crippen molar-refractivity contribution < 1.29 is 4.74 Å². The highest BCUT2D eigenvalue weighted by molar-refractivity contribution is 4.93. The third kappa shape index (κ3) is 1.32. The summed E-state index contributed by atoms with van der Waals surface area (Å²) in [6.07, 6.45) is 5.35. The van der Waals surface area contributed by atoms with Crippen molar-refractivity contribution in [1.82, 2.24) is 0 Å². The van der Waals surface area contributed by atoms with Crippen LogP contribution in [0, 0.1) is 0 Å². The first-order valence-corrected chi connectivity index (χ1v) is 2.92. The maximum absolute atomic E-state index is 5.33. The predicted octanol–water partition coefficient (Wildman–Crippen LogP) is 0.290. The normalized spacial score (nSPS) is 28.4. The zero-order valence-electron chi connectivity index (χ0n) is 4.84. The van der Waals surface area contributed by atoms with E-state index in [1.807, 2.05) is 6.08 Å². The number of ether oxygens (including phenoxy) is 1. The molecule has 0 aliphatic carbocycles. The molecule has 2 heteroatoms. The van der Waals surface area contributed by atoms with Gasteiger partial charge < -0.3 is 10.5 Å². The Balaban J connectivity index is 2.32. The van der Waals surface area contributed by atoms with Gasteiger partial charge in [-0.15, -0.1) is 0 Å². The monoisotopic (exact) mass is 113 g/mol. The van der Waals surface area contributed by atoms with Gasteiger partial charge in [-0.25, -0.2) is 0 Å². The van der Waals surface area contributed by atoms with Crippen molar-refractivity contribution in [2.45, 2.75) is 12.5 Å². The molecule has 0 radical (unpaired) electrons. The van der Waals surface area contributed by atoms with Crippen LogP contribution in [0.25, 0.3) is 0 Å². The molecule has 0 spiro atoms. The molecular weight excluding hydrogens is 102 g/mol. The lowest BCUT2D eigenvalue weighted by Crippen LogP contribution is -2.23. The second-order valence-corrected chi connectivity index (χ2v) is 1.86. The van der Waals surface area contributed by atoms with Crippen LogP contribution in [0.3, 0.4) is 0 Å². The minimum atomic E-state index is 0.184. The summed E-state index contributed by atoms with van der Waals surface area (Å²) < 4.78 is 5.22. The Morgan fingerprint density at radius 1 is 1.75 bits per heavy atom. The number of nitrogens with two attached hydrogens (primary N) is 1. The summed E-state index contributed by atoms with van der Waals surface area (Å²) in [5.74, 6) is 0. The first-order chi connectivity index (χ1) is 3.93. The molecule has 0 saturated heterocycles. The Morgan fingerprint density at radius 3 is 3.00 bits per heavy atom. The van der Waals surface area contributed by atoms with Crippen LogP contribution in [0.4, 0.5) is 0 Å². The summed E-state index contributed by atoms with van der Waals surface area (Å²) in [6, 6.07) is 0. The van der Waals surface area contributed by atoms with Gasteiger partial charge >= 0.3 is 0 Å². The van der Waals surface area contributed by atoms with Crippen LogP contribution in [-0.4, -0.2) is 19.3 Å². The summed E-state index contributed by atoms with van der Waals surface area (Å²) in [6.45, 7) is 1.44. The Bertz CT molecular complexity index is 90.5. The molecule has 0 unspecified atom stereocenters. The molecule has 0 aromatic rings. The van der Waals surface area contributed by atoms with Crippen LogP contribution in [0.5, 0.6) is 0 Å². The fourth-order valence-electron chi connectivity index (χ4n) is 0.738. The van der Waals surface area contributed by atoms with E-state index in [1.54, 1.807) is 0 Å². The van der Waals surface area contributed by atoms with Gasteiger partial charge in [-0.1, -0.05) is 12.2 Å². The molecule has 1 heterocycles. The van der Waals surface area contributed by atoms with Crippen molar-refractivity contribution in [2.75, 3.05) is 13.2 Å². The number of rotatable bonds is 1. The van der Waals surface area contributed by atoms with Crippen LogP contribution in [0.15, 0.2) is 12.2 Å². The van der Waals surface area contributed by atoms with Crippen molar-refractivity contribution in [2.24, 2.45) is 5.73 Å². The van der Waals surface area contributed by atoms with Gasteiger partial charge in [0.15, 0.2) is 0 Å². The third-order valence-corrected chi connectivity index (χ3v) is 1.20. The highest BCUT2D eigenvalue weighted by atomic mass is 16.5. The zero-order chi connectivity index (χ0) is 5.82. The molecule has 0 aromatic carbocycles. The Kier molecular flexibility index (Phi) is 2.06. The average molecular weight is 113 g/mol. The maximum Gasteiger partial charge on any atom is 0.0878 e. The van der Waals surface area contributed by atoms with Crippen LogP contribution >= 0.6 is 0 Å². The van der Waals surface area contributed by atoms with E-state index in [0.29, 0.717) is 6.54 Å². The Hall–Kier alpha value is -0.340. The Morgan fingerprint density at radius 2 is 2.62 bits per heavy atom. The third-order valence-electron chi connectivity index (χ3n) is 1.20. The minimum absolute atomic E-state index is 0.184. The average Bonchev–Trinajstić information content (AvgIpc) is 1.90. The highest BCUT2D eigenvalue weighted by Gasteiger charge is 2.03. The predicted molar refractivity (Wildman–Crippen MR) is 32.6 cm³/mol. The van der Waals surface area contributed by atoms with Gasteiger partial charge in [0.2, 0.25) is 0 Å². The number of hydrogen-bond donors (Lipinski definition) is 1. The van der Waals surface area contributed by atoms with Crippen LogP contribution < -0.4 is 5.73 Å². The summed E-state index contributed by atoms with van der Waals surface area (Å²) >= 11 is 0. The second kappa shape index (κ2) is 2.84. The van der Waals surface area contributed by atoms with Crippen molar-refractivity contribution in [3.05, 3.63) is 12.2 Å². The molecule has 2 nitrogen and oxygen atoms in total. The summed E-state index contributed by atoms with van der Waals surface area (Å²) in [4.78, 5) is 0. The molecule has 0 bridgehead atoms. The second-order valence-electron chi connectivity index (χ2n) is 1.86. The zero-order valence-corrected chi connectivity index (χ0v) is 4.84. The molecule has 2 N–H and O–H groups in total. The van der Waals surface area contributed by atoms with E-state index in [1.165, 1.54) is 0 Å². The van der Waals surface area contributed by atoms with Gasteiger partial charge in [0.25, 0.3) is 0 Å².